The van der Waals surface area contributed by atoms with Crippen LogP contribution in [0.15, 0.2) is 24.3 Å². The third-order valence-corrected chi connectivity index (χ3v) is 2.99. The van der Waals surface area contributed by atoms with Crippen LogP contribution >= 0.6 is 0 Å². The van der Waals surface area contributed by atoms with E-state index < -0.39 is 0 Å². The number of nitrogens with zero attached hydrogens (tertiary/aromatic N) is 2. The molecule has 0 atom stereocenters. The predicted molar refractivity (Wildman–Crippen MR) is 71.2 cm³/mol. The molecule has 1 heterocycles. The highest BCUT2D eigenvalue weighted by Crippen LogP contribution is 2.24. The minimum Gasteiger partial charge on any atom is -0.497 e. The van der Waals surface area contributed by atoms with Gasteiger partial charge in [-0.1, -0.05) is 0 Å². The normalized spacial score (nSPS) is 12.1. The Labute approximate surface area is 103 Å². The number of quaternary nitrogens is 1. The SMILES string of the molecule is COc1ccc2c(c1)cc(C[N+](C)(C)C)n2C. The molecule has 0 aliphatic heterocycles. The van der Waals surface area contributed by atoms with Gasteiger partial charge in [0.15, 0.2) is 0 Å². The minimum absolute atomic E-state index is 0.917. The smallest absolute Gasteiger partial charge is 0.119 e. The summed E-state index contributed by atoms with van der Waals surface area (Å²) in [5.41, 5.74) is 2.61. The summed E-state index contributed by atoms with van der Waals surface area (Å²) in [4.78, 5) is 0. The van der Waals surface area contributed by atoms with E-state index in [1.807, 2.05) is 6.07 Å². The van der Waals surface area contributed by atoms with Gasteiger partial charge in [0, 0.05) is 18.0 Å². The highest BCUT2D eigenvalue weighted by molar-refractivity contribution is 5.82. The zero-order chi connectivity index (χ0) is 12.6. The number of benzene rings is 1. The first-order chi connectivity index (χ1) is 7.90. The zero-order valence-corrected chi connectivity index (χ0v) is 11.3. The van der Waals surface area contributed by atoms with Crippen LogP contribution < -0.4 is 4.74 Å². The summed E-state index contributed by atoms with van der Waals surface area (Å²) in [7, 11) is 10.5. The first-order valence-corrected chi connectivity index (χ1v) is 5.83. The maximum absolute atomic E-state index is 5.26. The number of fused-ring (bicyclic) bond motifs is 1. The van der Waals surface area contributed by atoms with Crippen molar-refractivity contribution in [1.82, 2.24) is 4.57 Å². The van der Waals surface area contributed by atoms with Gasteiger partial charge in [0.05, 0.1) is 33.9 Å². The number of rotatable bonds is 3. The van der Waals surface area contributed by atoms with Crippen LogP contribution in [0, 0.1) is 0 Å². The molecule has 0 unspecified atom stereocenters. The van der Waals surface area contributed by atoms with Crippen LogP contribution in [0.4, 0.5) is 0 Å². The lowest BCUT2D eigenvalue weighted by Gasteiger charge is -2.24. The first-order valence-electron chi connectivity index (χ1n) is 5.83. The largest absolute Gasteiger partial charge is 0.497 e. The van der Waals surface area contributed by atoms with Crippen molar-refractivity contribution in [3.05, 3.63) is 30.0 Å². The predicted octanol–water partition coefficient (Wildman–Crippen LogP) is 2.39. The van der Waals surface area contributed by atoms with E-state index in [9.17, 15) is 0 Å². The molecule has 0 fully saturated rings. The van der Waals surface area contributed by atoms with Gasteiger partial charge in [-0.3, -0.25) is 0 Å². The molecule has 0 N–H and O–H groups in total. The van der Waals surface area contributed by atoms with E-state index in [1.54, 1.807) is 7.11 Å². The van der Waals surface area contributed by atoms with E-state index in [1.165, 1.54) is 16.6 Å². The molecule has 0 saturated carbocycles. The van der Waals surface area contributed by atoms with Gasteiger partial charge in [0.1, 0.15) is 12.3 Å². The number of aryl methyl sites for hydroxylation is 1. The molecule has 0 aliphatic rings. The quantitative estimate of drug-likeness (QED) is 0.743. The monoisotopic (exact) mass is 233 g/mol. The Morgan fingerprint density at radius 1 is 1.18 bits per heavy atom. The summed E-state index contributed by atoms with van der Waals surface area (Å²) < 4.78 is 8.45. The Morgan fingerprint density at radius 3 is 2.47 bits per heavy atom. The Morgan fingerprint density at radius 2 is 1.88 bits per heavy atom. The Hall–Kier alpha value is -1.48. The molecule has 3 heteroatoms. The lowest BCUT2D eigenvalue weighted by atomic mass is 10.2. The summed E-state index contributed by atoms with van der Waals surface area (Å²) in [6.45, 7) is 1.02. The molecule has 0 radical (unpaired) electrons. The van der Waals surface area contributed by atoms with Gasteiger partial charge in [-0.05, 0) is 24.3 Å². The van der Waals surface area contributed by atoms with Gasteiger partial charge in [0.25, 0.3) is 0 Å². The van der Waals surface area contributed by atoms with E-state index >= 15 is 0 Å². The second-order valence-corrected chi connectivity index (χ2v) is 5.57. The van der Waals surface area contributed by atoms with Crippen molar-refractivity contribution in [2.45, 2.75) is 6.54 Å². The van der Waals surface area contributed by atoms with Crippen molar-refractivity contribution in [3.63, 3.8) is 0 Å². The summed E-state index contributed by atoms with van der Waals surface area (Å²) in [5.74, 6) is 0.917. The second kappa shape index (κ2) is 4.08. The van der Waals surface area contributed by atoms with Crippen LogP contribution in [0.5, 0.6) is 5.75 Å². The Kier molecular flexibility index (Phi) is 2.87. The molecule has 1 aromatic carbocycles. The molecule has 0 spiro atoms. The fourth-order valence-corrected chi connectivity index (χ4v) is 2.15. The molecular formula is C14H21N2O+. The van der Waals surface area contributed by atoms with Crippen molar-refractivity contribution in [2.75, 3.05) is 28.3 Å². The summed E-state index contributed by atoms with van der Waals surface area (Å²) in [6.07, 6.45) is 0. The summed E-state index contributed by atoms with van der Waals surface area (Å²) in [5, 5.41) is 1.25. The lowest BCUT2D eigenvalue weighted by molar-refractivity contribution is -0.884. The van der Waals surface area contributed by atoms with Gasteiger partial charge in [-0.25, -0.2) is 0 Å². The fraction of sp³-hybridized carbons (Fsp3) is 0.429. The van der Waals surface area contributed by atoms with Crippen LogP contribution in [0.1, 0.15) is 5.69 Å². The van der Waals surface area contributed by atoms with Crippen molar-refractivity contribution < 1.29 is 9.22 Å². The van der Waals surface area contributed by atoms with Crippen molar-refractivity contribution in [2.24, 2.45) is 7.05 Å². The Bertz CT molecular complexity index is 535. The maximum atomic E-state index is 5.26. The van der Waals surface area contributed by atoms with E-state index in [-0.39, 0.29) is 0 Å². The molecule has 92 valence electrons. The third-order valence-electron chi connectivity index (χ3n) is 2.99. The Balaban J connectivity index is 2.49. The number of hydrogen-bond donors (Lipinski definition) is 0. The molecule has 17 heavy (non-hydrogen) atoms. The second-order valence-electron chi connectivity index (χ2n) is 5.57. The lowest BCUT2D eigenvalue weighted by Crippen LogP contribution is -2.34. The topological polar surface area (TPSA) is 14.2 Å². The summed E-state index contributed by atoms with van der Waals surface area (Å²) in [6, 6.07) is 8.47. The highest BCUT2D eigenvalue weighted by Gasteiger charge is 2.14. The molecule has 0 amide bonds. The number of ether oxygens (including phenoxy) is 1. The van der Waals surface area contributed by atoms with Gasteiger partial charge in [0.2, 0.25) is 0 Å². The fourth-order valence-electron chi connectivity index (χ4n) is 2.15. The van der Waals surface area contributed by atoms with Crippen LogP contribution in [0.2, 0.25) is 0 Å². The molecule has 0 aliphatic carbocycles. The molecule has 0 saturated heterocycles. The van der Waals surface area contributed by atoms with Crippen LogP contribution in [0.3, 0.4) is 0 Å². The first kappa shape index (κ1) is 12.0. The molecule has 2 rings (SSSR count). The average Bonchev–Trinajstić information content (AvgIpc) is 2.53. The highest BCUT2D eigenvalue weighted by atomic mass is 16.5. The number of aromatic nitrogens is 1. The van der Waals surface area contributed by atoms with E-state index in [0.29, 0.717) is 0 Å². The standard InChI is InChI=1S/C14H21N2O/c1-15-12(10-16(2,3)4)8-11-9-13(17-5)6-7-14(11)15/h6-9H,10H2,1-5H3/q+1. The number of methoxy groups -OCH3 is 1. The molecular weight excluding hydrogens is 212 g/mol. The maximum Gasteiger partial charge on any atom is 0.119 e. The number of hydrogen-bond acceptors (Lipinski definition) is 1. The molecule has 2 aromatic rings. The van der Waals surface area contributed by atoms with Crippen LogP contribution in [-0.4, -0.2) is 37.3 Å². The van der Waals surface area contributed by atoms with Crippen molar-refractivity contribution >= 4 is 10.9 Å². The van der Waals surface area contributed by atoms with E-state index in [2.05, 4.69) is 51.0 Å². The van der Waals surface area contributed by atoms with Crippen LogP contribution in [0.25, 0.3) is 10.9 Å². The molecule has 3 nitrogen and oxygen atoms in total. The van der Waals surface area contributed by atoms with E-state index in [4.69, 9.17) is 4.74 Å². The van der Waals surface area contributed by atoms with Gasteiger partial charge >= 0.3 is 0 Å². The van der Waals surface area contributed by atoms with Crippen LogP contribution in [-0.2, 0) is 13.6 Å². The third kappa shape index (κ3) is 2.44. The van der Waals surface area contributed by atoms with Gasteiger partial charge in [-0.2, -0.15) is 0 Å². The van der Waals surface area contributed by atoms with Crippen molar-refractivity contribution in [3.8, 4) is 5.75 Å². The van der Waals surface area contributed by atoms with Gasteiger partial charge < -0.3 is 13.8 Å². The van der Waals surface area contributed by atoms with Gasteiger partial charge in [-0.15, -0.1) is 0 Å². The summed E-state index contributed by atoms with van der Waals surface area (Å²) >= 11 is 0. The minimum atomic E-state index is 0.917. The van der Waals surface area contributed by atoms with Crippen molar-refractivity contribution in [1.29, 1.82) is 0 Å². The zero-order valence-electron chi connectivity index (χ0n) is 11.3. The molecule has 0 bridgehead atoms. The molecule has 1 aromatic heterocycles. The average molecular weight is 233 g/mol. The van der Waals surface area contributed by atoms with E-state index in [0.717, 1.165) is 16.8 Å².